The van der Waals surface area contributed by atoms with Crippen molar-refractivity contribution in [3.05, 3.63) is 58.1 Å². The molecule has 0 aromatic heterocycles. The quantitative estimate of drug-likeness (QED) is 0.825. The number of anilines is 1. The van der Waals surface area contributed by atoms with Crippen LogP contribution in [-0.2, 0) is 16.4 Å². The van der Waals surface area contributed by atoms with Crippen molar-refractivity contribution in [3.63, 3.8) is 0 Å². The summed E-state index contributed by atoms with van der Waals surface area (Å²) in [6.45, 7) is 2.26. The number of para-hydroxylation sites is 1. The van der Waals surface area contributed by atoms with Gasteiger partial charge < -0.3 is 5.32 Å². The third-order valence-corrected chi connectivity index (χ3v) is 5.14. The summed E-state index contributed by atoms with van der Waals surface area (Å²) in [5.74, 6) is -3.44. The van der Waals surface area contributed by atoms with E-state index in [0.717, 1.165) is 15.6 Å². The largest absolute Gasteiger partial charge is 0.380 e. The lowest BCUT2D eigenvalue weighted by Crippen LogP contribution is -2.14. The number of alkyl halides is 2. The van der Waals surface area contributed by atoms with Crippen LogP contribution in [0, 0.1) is 6.92 Å². The van der Waals surface area contributed by atoms with E-state index >= 15 is 0 Å². The van der Waals surface area contributed by atoms with Crippen molar-refractivity contribution < 1.29 is 17.2 Å². The fourth-order valence-electron chi connectivity index (χ4n) is 1.98. The van der Waals surface area contributed by atoms with Crippen molar-refractivity contribution in [1.82, 2.24) is 0 Å². The van der Waals surface area contributed by atoms with Gasteiger partial charge in [-0.25, -0.2) is 8.42 Å². The van der Waals surface area contributed by atoms with E-state index < -0.39 is 20.5 Å². The molecule has 0 unspecified atom stereocenters. The second kappa shape index (κ2) is 6.75. The van der Waals surface area contributed by atoms with Crippen molar-refractivity contribution >= 4 is 31.5 Å². The summed E-state index contributed by atoms with van der Waals surface area (Å²) >= 11 is 3.36. The van der Waals surface area contributed by atoms with Gasteiger partial charge in [-0.2, -0.15) is 8.78 Å². The lowest BCUT2D eigenvalue weighted by molar-refractivity contribution is 0.235. The summed E-state index contributed by atoms with van der Waals surface area (Å²) in [6, 6.07) is 11.4. The summed E-state index contributed by atoms with van der Waals surface area (Å²) in [7, 11) is -4.64. The van der Waals surface area contributed by atoms with Crippen LogP contribution in [0.2, 0.25) is 0 Å². The number of halogens is 3. The van der Waals surface area contributed by atoms with E-state index in [9.17, 15) is 17.2 Å². The fourth-order valence-corrected chi connectivity index (χ4v) is 3.29. The molecule has 0 radical (unpaired) electrons. The molecule has 1 N–H and O–H groups in total. The van der Waals surface area contributed by atoms with Crippen LogP contribution in [0.1, 0.15) is 11.1 Å². The zero-order valence-electron chi connectivity index (χ0n) is 11.7. The van der Waals surface area contributed by atoms with Crippen LogP contribution in [0.4, 0.5) is 14.5 Å². The van der Waals surface area contributed by atoms with Gasteiger partial charge in [0.15, 0.2) is 0 Å². The Balaban J connectivity index is 2.30. The molecule has 0 spiro atoms. The van der Waals surface area contributed by atoms with Gasteiger partial charge in [-0.1, -0.05) is 34.1 Å². The van der Waals surface area contributed by atoms with Gasteiger partial charge in [-0.05, 0) is 42.3 Å². The minimum atomic E-state index is -4.64. The van der Waals surface area contributed by atoms with Gasteiger partial charge >= 0.3 is 5.76 Å². The molecule has 2 aromatic carbocycles. The lowest BCUT2D eigenvalue weighted by atomic mass is 10.1. The van der Waals surface area contributed by atoms with Crippen LogP contribution >= 0.6 is 15.9 Å². The molecule has 2 aromatic rings. The topological polar surface area (TPSA) is 46.2 Å². The van der Waals surface area contributed by atoms with Crippen molar-refractivity contribution in [3.8, 4) is 0 Å². The van der Waals surface area contributed by atoms with E-state index in [-0.39, 0.29) is 5.69 Å². The number of hydrogen-bond donors (Lipinski definition) is 1. The minimum absolute atomic E-state index is 0.169. The highest BCUT2D eigenvalue weighted by atomic mass is 79.9. The standard InChI is InChI=1S/C15H14BrF2NO2S/c1-10-6-7-12(16)8-11(10)9-19-13-4-2-3-5-14(13)22(20,21)15(17)18/h2-8,15,19H,9H2,1H3. The molecular weight excluding hydrogens is 376 g/mol. The normalized spacial score (nSPS) is 11.7. The predicted molar refractivity (Wildman–Crippen MR) is 85.8 cm³/mol. The Morgan fingerprint density at radius 1 is 1.18 bits per heavy atom. The van der Waals surface area contributed by atoms with E-state index in [0.29, 0.717) is 6.54 Å². The van der Waals surface area contributed by atoms with Gasteiger partial charge in [0, 0.05) is 11.0 Å². The highest BCUT2D eigenvalue weighted by Gasteiger charge is 2.28. The van der Waals surface area contributed by atoms with Gasteiger partial charge in [0.25, 0.3) is 0 Å². The molecule has 0 saturated carbocycles. The molecule has 0 aliphatic rings. The van der Waals surface area contributed by atoms with Gasteiger partial charge in [0.2, 0.25) is 9.84 Å². The Labute approximate surface area is 136 Å². The SMILES string of the molecule is Cc1ccc(Br)cc1CNc1ccccc1S(=O)(=O)C(F)F. The monoisotopic (exact) mass is 389 g/mol. The van der Waals surface area contributed by atoms with Crippen molar-refractivity contribution in [2.75, 3.05) is 5.32 Å². The molecule has 22 heavy (non-hydrogen) atoms. The van der Waals surface area contributed by atoms with Crippen molar-refractivity contribution in [2.45, 2.75) is 24.1 Å². The number of rotatable bonds is 5. The first kappa shape index (κ1) is 16.9. The summed E-state index contributed by atoms with van der Waals surface area (Å²) in [5, 5.41) is 2.93. The Kier molecular flexibility index (Phi) is 5.18. The van der Waals surface area contributed by atoms with E-state index in [1.165, 1.54) is 18.2 Å². The summed E-state index contributed by atoms with van der Waals surface area (Å²) in [6.07, 6.45) is 0. The molecule has 0 amide bonds. The Bertz CT molecular complexity index is 779. The average molecular weight is 390 g/mol. The lowest BCUT2D eigenvalue weighted by Gasteiger charge is -2.13. The summed E-state index contributed by atoms with van der Waals surface area (Å²) in [4.78, 5) is -0.391. The van der Waals surface area contributed by atoms with E-state index in [1.54, 1.807) is 6.07 Å². The van der Waals surface area contributed by atoms with Gasteiger partial charge in [0.1, 0.15) is 0 Å². The van der Waals surface area contributed by atoms with Crippen LogP contribution in [0.3, 0.4) is 0 Å². The highest BCUT2D eigenvalue weighted by Crippen LogP contribution is 2.27. The number of nitrogens with one attached hydrogen (secondary N) is 1. The molecule has 0 atom stereocenters. The predicted octanol–water partition coefficient (Wildman–Crippen LogP) is 4.37. The van der Waals surface area contributed by atoms with Crippen molar-refractivity contribution in [1.29, 1.82) is 0 Å². The molecule has 0 aliphatic carbocycles. The van der Waals surface area contributed by atoms with Crippen LogP contribution < -0.4 is 5.32 Å². The Hall–Kier alpha value is -1.47. The molecule has 118 valence electrons. The second-order valence-electron chi connectivity index (χ2n) is 4.73. The second-order valence-corrected chi connectivity index (χ2v) is 7.53. The smallest absolute Gasteiger partial charge is 0.341 e. The van der Waals surface area contributed by atoms with Crippen LogP contribution in [0.5, 0.6) is 0 Å². The number of benzene rings is 2. The molecule has 0 bridgehead atoms. The molecule has 0 saturated heterocycles. The molecule has 0 aliphatic heterocycles. The van der Waals surface area contributed by atoms with E-state index in [4.69, 9.17) is 0 Å². The molecule has 0 heterocycles. The van der Waals surface area contributed by atoms with Crippen LogP contribution in [0.25, 0.3) is 0 Å². The number of sulfone groups is 1. The number of aryl methyl sites for hydroxylation is 1. The molecule has 2 rings (SSSR count). The van der Waals surface area contributed by atoms with Gasteiger partial charge in [-0.15, -0.1) is 0 Å². The fraction of sp³-hybridized carbons (Fsp3) is 0.200. The first-order valence-corrected chi connectivity index (χ1v) is 8.76. The molecule has 0 fully saturated rings. The zero-order chi connectivity index (χ0) is 16.3. The van der Waals surface area contributed by atoms with E-state index in [2.05, 4.69) is 21.2 Å². The highest BCUT2D eigenvalue weighted by molar-refractivity contribution is 9.10. The van der Waals surface area contributed by atoms with Crippen molar-refractivity contribution in [2.24, 2.45) is 0 Å². The third-order valence-electron chi connectivity index (χ3n) is 3.21. The average Bonchev–Trinajstić information content (AvgIpc) is 2.48. The van der Waals surface area contributed by atoms with Crippen LogP contribution in [-0.4, -0.2) is 14.2 Å². The first-order valence-electron chi connectivity index (χ1n) is 6.42. The molecule has 7 heteroatoms. The minimum Gasteiger partial charge on any atom is -0.380 e. The first-order chi connectivity index (χ1) is 10.3. The number of hydrogen-bond acceptors (Lipinski definition) is 3. The van der Waals surface area contributed by atoms with Gasteiger partial charge in [-0.3, -0.25) is 0 Å². The maximum Gasteiger partial charge on any atom is 0.341 e. The molecule has 3 nitrogen and oxygen atoms in total. The zero-order valence-corrected chi connectivity index (χ0v) is 14.1. The van der Waals surface area contributed by atoms with E-state index in [1.807, 2.05) is 25.1 Å². The summed E-state index contributed by atoms with van der Waals surface area (Å²) in [5.41, 5.74) is 2.13. The summed E-state index contributed by atoms with van der Waals surface area (Å²) < 4.78 is 49.7. The molecular formula is C15H14BrF2NO2S. The maximum absolute atomic E-state index is 12.7. The maximum atomic E-state index is 12.7. The third kappa shape index (κ3) is 3.64. The van der Waals surface area contributed by atoms with Crippen LogP contribution in [0.15, 0.2) is 51.8 Å². The Morgan fingerprint density at radius 3 is 2.55 bits per heavy atom. The van der Waals surface area contributed by atoms with Gasteiger partial charge in [0.05, 0.1) is 10.6 Å². The Morgan fingerprint density at radius 2 is 1.86 bits per heavy atom.